The Kier molecular flexibility index (Phi) is 5.70. The molecule has 0 atom stereocenters. The molecule has 0 unspecified atom stereocenters. The molecule has 0 N–H and O–H groups in total. The fourth-order valence-electron chi connectivity index (χ4n) is 2.96. The molecule has 2 aromatic heterocycles. The van der Waals surface area contributed by atoms with E-state index in [2.05, 4.69) is 15.3 Å². The van der Waals surface area contributed by atoms with Crippen molar-refractivity contribution in [2.75, 3.05) is 7.05 Å². The molecule has 2 heterocycles. The summed E-state index contributed by atoms with van der Waals surface area (Å²) >= 11 is 6.13. The van der Waals surface area contributed by atoms with Gasteiger partial charge in [-0.2, -0.15) is 18.3 Å². The second kappa shape index (κ2) is 8.46. The number of para-hydroxylation sites is 1. The van der Waals surface area contributed by atoms with Gasteiger partial charge in [-0.25, -0.2) is 4.68 Å². The first kappa shape index (κ1) is 21.6. The van der Waals surface area contributed by atoms with Gasteiger partial charge >= 0.3 is 6.18 Å². The van der Waals surface area contributed by atoms with Gasteiger partial charge in [0.05, 0.1) is 17.3 Å². The van der Waals surface area contributed by atoms with Gasteiger partial charge in [-0.1, -0.05) is 41.9 Å². The Labute approximate surface area is 185 Å². The molecule has 0 bridgehead atoms. The Morgan fingerprint density at radius 2 is 1.78 bits per heavy atom. The summed E-state index contributed by atoms with van der Waals surface area (Å²) in [6.45, 7) is -0.117. The van der Waals surface area contributed by atoms with Gasteiger partial charge in [0.1, 0.15) is 5.69 Å². The lowest BCUT2D eigenvalue weighted by atomic mass is 10.2. The zero-order chi connectivity index (χ0) is 22.9. The monoisotopic (exact) mass is 461 g/mol. The highest BCUT2D eigenvalue weighted by molar-refractivity contribution is 6.32. The second-order valence-electron chi connectivity index (χ2n) is 6.80. The van der Waals surface area contributed by atoms with Crippen LogP contribution in [-0.4, -0.2) is 37.8 Å². The first-order chi connectivity index (χ1) is 15.2. The highest BCUT2D eigenvalue weighted by atomic mass is 35.5. The number of carbonyl (C=O) groups excluding carboxylic acids is 1. The Bertz CT molecular complexity index is 1250. The van der Waals surface area contributed by atoms with Crippen LogP contribution in [0.5, 0.6) is 0 Å². The fourth-order valence-corrected chi connectivity index (χ4v) is 3.18. The van der Waals surface area contributed by atoms with Crippen LogP contribution >= 0.6 is 11.6 Å². The number of carbonyl (C=O) groups is 1. The van der Waals surface area contributed by atoms with Crippen LogP contribution in [0.1, 0.15) is 22.1 Å². The lowest BCUT2D eigenvalue weighted by Crippen LogP contribution is -2.28. The minimum atomic E-state index is -4.74. The highest BCUT2D eigenvalue weighted by Crippen LogP contribution is 2.31. The van der Waals surface area contributed by atoms with E-state index in [1.165, 1.54) is 19.2 Å². The normalized spacial score (nSPS) is 11.5. The van der Waals surface area contributed by atoms with Gasteiger partial charge in [0.15, 0.2) is 5.69 Å². The predicted octanol–water partition coefficient (Wildman–Crippen LogP) is 4.87. The summed E-state index contributed by atoms with van der Waals surface area (Å²) in [6, 6.07) is 15.9. The van der Waals surface area contributed by atoms with Gasteiger partial charge in [-0.3, -0.25) is 4.79 Å². The van der Waals surface area contributed by atoms with E-state index in [1.54, 1.807) is 24.3 Å². The molecule has 7 nitrogen and oxygen atoms in total. The van der Waals surface area contributed by atoms with E-state index in [0.29, 0.717) is 11.6 Å². The van der Waals surface area contributed by atoms with E-state index in [0.717, 1.165) is 9.58 Å². The maximum Gasteiger partial charge on any atom is 0.435 e. The summed E-state index contributed by atoms with van der Waals surface area (Å²) in [5.41, 5.74) is -0.675. The number of halogens is 4. The van der Waals surface area contributed by atoms with E-state index >= 15 is 0 Å². The molecule has 0 aliphatic heterocycles. The molecule has 164 valence electrons. The second-order valence-corrected chi connectivity index (χ2v) is 7.21. The molecule has 4 rings (SSSR count). The SMILES string of the molecule is CN(Cc1nnc(-c2ccccc2)o1)C(=O)c1cc(C(F)(F)F)nn1-c1ccccc1Cl. The van der Waals surface area contributed by atoms with Crippen LogP contribution < -0.4 is 0 Å². The van der Waals surface area contributed by atoms with E-state index in [1.807, 2.05) is 18.2 Å². The van der Waals surface area contributed by atoms with Gasteiger partial charge in [0.25, 0.3) is 5.91 Å². The number of hydrogen-bond donors (Lipinski definition) is 0. The van der Waals surface area contributed by atoms with Crippen molar-refractivity contribution in [2.24, 2.45) is 0 Å². The zero-order valence-electron chi connectivity index (χ0n) is 16.5. The maximum absolute atomic E-state index is 13.3. The predicted molar refractivity (Wildman–Crippen MR) is 109 cm³/mol. The largest absolute Gasteiger partial charge is 0.435 e. The molecular formula is C21H15ClF3N5O2. The first-order valence-corrected chi connectivity index (χ1v) is 9.67. The molecule has 0 aliphatic carbocycles. The smallest absolute Gasteiger partial charge is 0.419 e. The van der Waals surface area contributed by atoms with Crippen molar-refractivity contribution in [3.05, 3.63) is 83.0 Å². The van der Waals surface area contributed by atoms with Crippen LogP contribution in [0, 0.1) is 0 Å². The molecule has 0 saturated heterocycles. The quantitative estimate of drug-likeness (QED) is 0.424. The number of benzene rings is 2. The molecule has 11 heteroatoms. The average Bonchev–Trinajstić information content (AvgIpc) is 3.41. The minimum Gasteiger partial charge on any atom is -0.419 e. The van der Waals surface area contributed by atoms with Crippen molar-refractivity contribution < 1.29 is 22.4 Å². The molecular weight excluding hydrogens is 447 g/mol. The van der Waals surface area contributed by atoms with Crippen molar-refractivity contribution in [1.82, 2.24) is 24.9 Å². The number of rotatable bonds is 5. The van der Waals surface area contributed by atoms with Crippen molar-refractivity contribution >= 4 is 17.5 Å². The van der Waals surface area contributed by atoms with Gasteiger partial charge in [-0.05, 0) is 24.3 Å². The topological polar surface area (TPSA) is 77.1 Å². The van der Waals surface area contributed by atoms with Gasteiger partial charge in [0, 0.05) is 18.7 Å². The fraction of sp³-hybridized carbons (Fsp3) is 0.143. The number of alkyl halides is 3. The van der Waals surface area contributed by atoms with Crippen LogP contribution in [0.25, 0.3) is 17.1 Å². The number of nitrogens with zero attached hydrogens (tertiary/aromatic N) is 5. The van der Waals surface area contributed by atoms with Gasteiger partial charge in [-0.15, -0.1) is 10.2 Å². The van der Waals surface area contributed by atoms with E-state index in [4.69, 9.17) is 16.0 Å². The maximum atomic E-state index is 13.3. The van der Waals surface area contributed by atoms with Crippen LogP contribution in [0.15, 0.2) is 65.1 Å². The van der Waals surface area contributed by atoms with Crippen molar-refractivity contribution in [1.29, 1.82) is 0 Å². The third-order valence-electron chi connectivity index (χ3n) is 4.51. The summed E-state index contributed by atoms with van der Waals surface area (Å²) in [4.78, 5) is 14.2. The summed E-state index contributed by atoms with van der Waals surface area (Å²) in [6.07, 6.45) is -4.74. The molecule has 0 saturated carbocycles. The molecule has 1 amide bonds. The summed E-state index contributed by atoms with van der Waals surface area (Å²) in [7, 11) is 1.41. The van der Waals surface area contributed by atoms with Crippen LogP contribution in [0.4, 0.5) is 13.2 Å². The summed E-state index contributed by atoms with van der Waals surface area (Å²) in [5, 5.41) is 11.6. The third kappa shape index (κ3) is 4.35. The summed E-state index contributed by atoms with van der Waals surface area (Å²) in [5.74, 6) is -0.339. The highest BCUT2D eigenvalue weighted by Gasteiger charge is 2.37. The number of hydrogen-bond acceptors (Lipinski definition) is 5. The average molecular weight is 462 g/mol. The Morgan fingerprint density at radius 1 is 1.09 bits per heavy atom. The zero-order valence-corrected chi connectivity index (χ0v) is 17.3. The molecule has 2 aromatic carbocycles. The molecule has 0 aliphatic rings. The third-order valence-corrected chi connectivity index (χ3v) is 4.83. The Balaban J connectivity index is 1.63. The standard InChI is InChI=1S/C21H15ClF3N5O2/c1-29(12-18-26-27-19(32-18)13-7-3-2-4-8-13)20(31)16-11-17(21(23,24)25)28-30(16)15-10-6-5-9-14(15)22/h2-11H,12H2,1H3. The van der Waals surface area contributed by atoms with Gasteiger partial charge in [0.2, 0.25) is 11.8 Å². The summed E-state index contributed by atoms with van der Waals surface area (Å²) < 4.78 is 46.4. The first-order valence-electron chi connectivity index (χ1n) is 9.29. The van der Waals surface area contributed by atoms with Crippen LogP contribution in [-0.2, 0) is 12.7 Å². The van der Waals surface area contributed by atoms with Crippen LogP contribution in [0.2, 0.25) is 5.02 Å². The molecule has 32 heavy (non-hydrogen) atoms. The lowest BCUT2D eigenvalue weighted by Gasteiger charge is -2.16. The molecule has 0 fully saturated rings. The molecule has 0 spiro atoms. The van der Waals surface area contributed by atoms with Crippen molar-refractivity contribution in [3.63, 3.8) is 0 Å². The molecule has 4 aromatic rings. The Morgan fingerprint density at radius 3 is 2.47 bits per heavy atom. The minimum absolute atomic E-state index is 0.117. The van der Waals surface area contributed by atoms with E-state index in [9.17, 15) is 18.0 Å². The van der Waals surface area contributed by atoms with Crippen molar-refractivity contribution in [2.45, 2.75) is 12.7 Å². The Hall–Kier alpha value is -3.66. The van der Waals surface area contributed by atoms with Crippen molar-refractivity contribution in [3.8, 4) is 17.1 Å². The lowest BCUT2D eigenvalue weighted by molar-refractivity contribution is -0.141. The van der Waals surface area contributed by atoms with E-state index in [-0.39, 0.29) is 34.7 Å². The number of aromatic nitrogens is 4. The van der Waals surface area contributed by atoms with Crippen LogP contribution in [0.3, 0.4) is 0 Å². The molecule has 0 radical (unpaired) electrons. The number of amides is 1. The van der Waals surface area contributed by atoms with E-state index < -0.39 is 17.8 Å². The van der Waals surface area contributed by atoms with Gasteiger partial charge < -0.3 is 9.32 Å².